The average Bonchev–Trinajstić information content (AvgIpc) is 2.72. The van der Waals surface area contributed by atoms with Crippen molar-refractivity contribution in [2.75, 3.05) is 16.2 Å². The zero-order valence-electron chi connectivity index (χ0n) is 15.8. The van der Waals surface area contributed by atoms with Crippen LogP contribution in [0.5, 0.6) is 0 Å². The topological polar surface area (TPSA) is 66.5 Å². The van der Waals surface area contributed by atoms with Crippen LogP contribution in [0.2, 0.25) is 5.02 Å². The highest BCUT2D eigenvalue weighted by molar-refractivity contribution is 7.92. The smallest absolute Gasteiger partial charge is 0.325 e. The van der Waals surface area contributed by atoms with Crippen LogP contribution in [0.1, 0.15) is 5.56 Å². The van der Waals surface area contributed by atoms with Crippen LogP contribution in [-0.2, 0) is 21.0 Å². The summed E-state index contributed by atoms with van der Waals surface area (Å²) in [6.45, 7) is -0.673. The number of nitrogens with zero attached hydrogens (tertiary/aromatic N) is 1. The summed E-state index contributed by atoms with van der Waals surface area (Å²) >= 11 is 5.98. The lowest BCUT2D eigenvalue weighted by molar-refractivity contribution is -0.137. The molecule has 0 spiro atoms. The van der Waals surface area contributed by atoms with Crippen molar-refractivity contribution in [3.63, 3.8) is 0 Å². The predicted octanol–water partition coefficient (Wildman–Crippen LogP) is 5.19. The highest BCUT2D eigenvalue weighted by Crippen LogP contribution is 2.31. The summed E-state index contributed by atoms with van der Waals surface area (Å²) in [6.07, 6.45) is -4.58. The van der Waals surface area contributed by atoms with E-state index in [-0.39, 0.29) is 21.3 Å². The quantitative estimate of drug-likeness (QED) is 0.541. The molecule has 3 rings (SSSR count). The van der Waals surface area contributed by atoms with Crippen molar-refractivity contribution in [2.45, 2.75) is 11.1 Å². The molecule has 0 aromatic heterocycles. The SMILES string of the molecule is O=C(CN(c1cccc(Cl)c1)S(=O)(=O)c1ccccc1)Nc1cccc(C(F)(F)F)c1. The monoisotopic (exact) mass is 468 g/mol. The predicted molar refractivity (Wildman–Crippen MR) is 112 cm³/mol. The first kappa shape index (κ1) is 22.6. The fraction of sp³-hybridized carbons (Fsp3) is 0.0952. The highest BCUT2D eigenvalue weighted by Gasteiger charge is 2.31. The molecule has 0 radical (unpaired) electrons. The molecule has 3 aromatic rings. The molecule has 5 nitrogen and oxygen atoms in total. The maximum Gasteiger partial charge on any atom is 0.416 e. The number of alkyl halides is 3. The Labute approximate surface area is 182 Å². The summed E-state index contributed by atoms with van der Waals surface area (Å²) in [7, 11) is -4.16. The molecule has 0 atom stereocenters. The molecule has 0 fully saturated rings. The summed E-state index contributed by atoms with van der Waals surface area (Å²) in [4.78, 5) is 12.5. The molecular weight excluding hydrogens is 453 g/mol. The van der Waals surface area contributed by atoms with Gasteiger partial charge in [0.25, 0.3) is 10.0 Å². The summed E-state index contributed by atoms with van der Waals surface area (Å²) in [5, 5.41) is 2.57. The molecule has 0 heterocycles. The molecule has 0 aliphatic rings. The third-order valence-corrected chi connectivity index (χ3v) is 6.21. The minimum Gasteiger partial charge on any atom is -0.325 e. The van der Waals surface area contributed by atoms with Gasteiger partial charge in [0, 0.05) is 10.7 Å². The second kappa shape index (κ2) is 8.99. The van der Waals surface area contributed by atoms with E-state index in [1.54, 1.807) is 12.1 Å². The molecule has 10 heteroatoms. The van der Waals surface area contributed by atoms with Gasteiger partial charge in [-0.2, -0.15) is 13.2 Å². The molecule has 0 saturated heterocycles. The molecule has 0 saturated carbocycles. The lowest BCUT2D eigenvalue weighted by Crippen LogP contribution is -2.38. The molecule has 0 aliphatic heterocycles. The standard InChI is InChI=1S/C21H16ClF3N2O3S/c22-16-7-5-9-18(13-16)27(31(29,30)19-10-2-1-3-11-19)14-20(28)26-17-8-4-6-15(12-17)21(23,24)25/h1-13H,14H2,(H,26,28). The van der Waals surface area contributed by atoms with Crippen molar-refractivity contribution >= 4 is 38.9 Å². The molecule has 162 valence electrons. The Kier molecular flexibility index (Phi) is 6.56. The first-order valence-corrected chi connectivity index (χ1v) is 10.7. The Morgan fingerprint density at radius 1 is 0.935 bits per heavy atom. The fourth-order valence-electron chi connectivity index (χ4n) is 2.77. The number of rotatable bonds is 6. The minimum absolute atomic E-state index is 0.0538. The number of hydrogen-bond acceptors (Lipinski definition) is 3. The van der Waals surface area contributed by atoms with Gasteiger partial charge in [-0.25, -0.2) is 8.42 Å². The summed E-state index contributed by atoms with van der Waals surface area (Å²) in [6, 6.07) is 17.4. The Bertz CT molecular complexity index is 1190. The van der Waals surface area contributed by atoms with Gasteiger partial charge in [0.2, 0.25) is 5.91 Å². The second-order valence-corrected chi connectivity index (χ2v) is 8.73. The largest absolute Gasteiger partial charge is 0.416 e. The van der Waals surface area contributed by atoms with Gasteiger partial charge in [-0.1, -0.05) is 41.9 Å². The number of carbonyl (C=O) groups excluding carboxylic acids is 1. The number of sulfonamides is 1. The van der Waals surface area contributed by atoms with Gasteiger partial charge in [0.05, 0.1) is 16.1 Å². The molecule has 3 aromatic carbocycles. The van der Waals surface area contributed by atoms with Gasteiger partial charge < -0.3 is 5.32 Å². The Balaban J connectivity index is 1.92. The molecule has 1 N–H and O–H groups in total. The number of carbonyl (C=O) groups is 1. The van der Waals surface area contributed by atoms with E-state index >= 15 is 0 Å². The Morgan fingerprint density at radius 2 is 1.61 bits per heavy atom. The van der Waals surface area contributed by atoms with E-state index < -0.39 is 34.2 Å². The summed E-state index contributed by atoms with van der Waals surface area (Å²) in [5.41, 5.74) is -0.910. The van der Waals surface area contributed by atoms with Gasteiger partial charge in [0.15, 0.2) is 0 Å². The van der Waals surface area contributed by atoms with Gasteiger partial charge in [-0.3, -0.25) is 9.10 Å². The van der Waals surface area contributed by atoms with Crippen LogP contribution in [-0.4, -0.2) is 20.9 Å². The van der Waals surface area contributed by atoms with E-state index in [9.17, 15) is 26.4 Å². The molecule has 1 amide bonds. The van der Waals surface area contributed by atoms with E-state index in [1.165, 1.54) is 48.5 Å². The number of nitrogens with one attached hydrogen (secondary N) is 1. The van der Waals surface area contributed by atoms with Crippen molar-refractivity contribution in [1.82, 2.24) is 0 Å². The van der Waals surface area contributed by atoms with Gasteiger partial charge in [-0.15, -0.1) is 0 Å². The van der Waals surface area contributed by atoms with Crippen LogP contribution >= 0.6 is 11.6 Å². The van der Waals surface area contributed by atoms with Crippen molar-refractivity contribution in [3.05, 3.63) is 89.4 Å². The minimum atomic E-state index is -4.58. The van der Waals surface area contributed by atoms with Crippen molar-refractivity contribution in [2.24, 2.45) is 0 Å². The third kappa shape index (κ3) is 5.56. The number of halogens is 4. The lowest BCUT2D eigenvalue weighted by atomic mass is 10.2. The fourth-order valence-corrected chi connectivity index (χ4v) is 4.39. The first-order chi connectivity index (χ1) is 14.6. The number of amides is 1. The van der Waals surface area contributed by atoms with E-state index in [1.807, 2.05) is 0 Å². The number of anilines is 2. The van der Waals surface area contributed by atoms with Crippen LogP contribution in [0.4, 0.5) is 24.5 Å². The summed E-state index contributed by atoms with van der Waals surface area (Å²) in [5.74, 6) is -0.821. The molecular formula is C21H16ClF3N2O3S. The van der Waals surface area contributed by atoms with Crippen LogP contribution in [0, 0.1) is 0 Å². The lowest BCUT2D eigenvalue weighted by Gasteiger charge is -2.24. The van der Waals surface area contributed by atoms with Gasteiger partial charge in [-0.05, 0) is 48.5 Å². The van der Waals surface area contributed by atoms with Gasteiger partial charge >= 0.3 is 6.18 Å². The average molecular weight is 469 g/mol. The van der Waals surface area contributed by atoms with E-state index in [0.29, 0.717) is 0 Å². The van der Waals surface area contributed by atoms with Crippen LogP contribution in [0.15, 0.2) is 83.8 Å². The second-order valence-electron chi connectivity index (χ2n) is 6.43. The van der Waals surface area contributed by atoms with Crippen LogP contribution in [0.3, 0.4) is 0 Å². The zero-order chi connectivity index (χ0) is 22.6. The number of benzene rings is 3. The molecule has 31 heavy (non-hydrogen) atoms. The van der Waals surface area contributed by atoms with Gasteiger partial charge in [0.1, 0.15) is 6.54 Å². The molecule has 0 unspecified atom stereocenters. The first-order valence-electron chi connectivity index (χ1n) is 8.88. The van der Waals surface area contributed by atoms with Crippen molar-refractivity contribution in [1.29, 1.82) is 0 Å². The molecule has 0 bridgehead atoms. The van der Waals surface area contributed by atoms with Crippen molar-refractivity contribution in [3.8, 4) is 0 Å². The summed E-state index contributed by atoms with van der Waals surface area (Å²) < 4.78 is 65.9. The number of hydrogen-bond donors (Lipinski definition) is 1. The third-order valence-electron chi connectivity index (χ3n) is 4.19. The Morgan fingerprint density at radius 3 is 2.26 bits per heavy atom. The highest BCUT2D eigenvalue weighted by atomic mass is 35.5. The van der Waals surface area contributed by atoms with Crippen LogP contribution < -0.4 is 9.62 Å². The normalized spacial score (nSPS) is 11.7. The van der Waals surface area contributed by atoms with E-state index in [2.05, 4.69) is 5.32 Å². The van der Waals surface area contributed by atoms with E-state index in [0.717, 1.165) is 22.5 Å². The molecule has 0 aliphatic carbocycles. The Hall–Kier alpha value is -3.04. The zero-order valence-corrected chi connectivity index (χ0v) is 17.4. The maximum atomic E-state index is 13.2. The van der Waals surface area contributed by atoms with E-state index in [4.69, 9.17) is 11.6 Å². The van der Waals surface area contributed by atoms with Crippen molar-refractivity contribution < 1.29 is 26.4 Å². The maximum absolute atomic E-state index is 13.2. The van der Waals surface area contributed by atoms with Crippen LogP contribution in [0.25, 0.3) is 0 Å².